The van der Waals surface area contributed by atoms with E-state index >= 15 is 0 Å². The first kappa shape index (κ1) is 24.1. The molecule has 196 valence electrons. The molecule has 2 heterocycles. The molecule has 0 amide bonds. The predicted octanol–water partition coefficient (Wildman–Crippen LogP) is 11.2. The Morgan fingerprint density at radius 3 is 2.32 bits per heavy atom. The molecule has 0 aliphatic heterocycles. The third kappa shape index (κ3) is 4.21. The minimum Gasteiger partial charge on any atom is -0.455 e. The van der Waals surface area contributed by atoms with Crippen LogP contribution in [0.25, 0.3) is 70.6 Å². The normalized spacial score (nSPS) is 15.1. The summed E-state index contributed by atoms with van der Waals surface area (Å²) in [6.07, 6.45) is 8.01. The van der Waals surface area contributed by atoms with Gasteiger partial charge in [0.2, 0.25) is 0 Å². The molecule has 0 saturated heterocycles. The molecule has 3 heteroatoms. The molecule has 41 heavy (non-hydrogen) atoms. The Hall–Kier alpha value is -4.73. The lowest BCUT2D eigenvalue weighted by atomic mass is 9.90. The molecule has 0 spiro atoms. The number of para-hydroxylation sites is 1. The van der Waals surface area contributed by atoms with Crippen molar-refractivity contribution in [2.75, 3.05) is 0 Å². The van der Waals surface area contributed by atoms with Crippen LogP contribution < -0.4 is 0 Å². The first-order valence-corrected chi connectivity index (χ1v) is 14.9. The summed E-state index contributed by atoms with van der Waals surface area (Å²) in [5.74, 6) is 0.572. The zero-order valence-electron chi connectivity index (χ0n) is 22.7. The molecule has 1 aliphatic rings. The second kappa shape index (κ2) is 9.72. The molecule has 7 aromatic rings. The summed E-state index contributed by atoms with van der Waals surface area (Å²) in [5.41, 5.74) is 11.2. The molecule has 1 unspecified atom stereocenters. The minimum atomic E-state index is 0.572. The summed E-state index contributed by atoms with van der Waals surface area (Å²) in [5, 5.41) is 3.35. The van der Waals surface area contributed by atoms with E-state index < -0.39 is 0 Å². The topological polar surface area (TPSA) is 26.0 Å². The van der Waals surface area contributed by atoms with Crippen molar-refractivity contribution in [3.63, 3.8) is 0 Å². The van der Waals surface area contributed by atoms with Crippen LogP contribution in [0, 0.1) is 5.92 Å². The smallest absolute Gasteiger partial charge is 0.143 e. The van der Waals surface area contributed by atoms with Crippen LogP contribution in [0.3, 0.4) is 0 Å². The van der Waals surface area contributed by atoms with Crippen LogP contribution in [0.2, 0.25) is 0 Å². The molecule has 0 fully saturated rings. The van der Waals surface area contributed by atoms with Gasteiger partial charge in [-0.15, -0.1) is 11.3 Å². The molecule has 0 N–H and O–H groups in total. The van der Waals surface area contributed by atoms with Crippen LogP contribution in [0.5, 0.6) is 0 Å². The van der Waals surface area contributed by atoms with Crippen molar-refractivity contribution in [3.8, 4) is 32.8 Å². The van der Waals surface area contributed by atoms with E-state index in [4.69, 9.17) is 9.40 Å². The highest BCUT2D eigenvalue weighted by Gasteiger charge is 2.19. The zero-order chi connectivity index (χ0) is 27.3. The summed E-state index contributed by atoms with van der Waals surface area (Å²) in [4.78, 5) is 4.86. The number of rotatable bonds is 4. The Kier molecular flexibility index (Phi) is 5.71. The average molecular weight is 546 g/mol. The van der Waals surface area contributed by atoms with E-state index in [1.165, 1.54) is 27.0 Å². The van der Waals surface area contributed by atoms with Crippen molar-refractivity contribution >= 4 is 49.1 Å². The van der Waals surface area contributed by atoms with E-state index in [9.17, 15) is 0 Å². The molecule has 0 bridgehead atoms. The predicted molar refractivity (Wildman–Crippen MR) is 174 cm³/mol. The zero-order valence-corrected chi connectivity index (χ0v) is 23.5. The summed E-state index contributed by atoms with van der Waals surface area (Å²) in [6.45, 7) is 2.26. The molecular weight excluding hydrogens is 518 g/mol. The van der Waals surface area contributed by atoms with Gasteiger partial charge in [-0.05, 0) is 70.5 Å². The van der Waals surface area contributed by atoms with Crippen LogP contribution in [-0.2, 0) is 0 Å². The Bertz CT molecular complexity index is 2090. The fraction of sp³-hybridized carbons (Fsp3) is 0.0789. The lowest BCUT2D eigenvalue weighted by Gasteiger charge is -2.14. The number of aromatic nitrogens is 1. The quantitative estimate of drug-likeness (QED) is 0.220. The Morgan fingerprint density at radius 2 is 1.51 bits per heavy atom. The monoisotopic (exact) mass is 545 g/mol. The summed E-state index contributed by atoms with van der Waals surface area (Å²) in [7, 11) is 0. The van der Waals surface area contributed by atoms with Crippen LogP contribution in [0.4, 0.5) is 0 Å². The number of furan rings is 1. The van der Waals surface area contributed by atoms with Gasteiger partial charge in [0.1, 0.15) is 16.2 Å². The molecular formula is C38H27NOS. The highest BCUT2D eigenvalue weighted by molar-refractivity contribution is 7.21. The highest BCUT2D eigenvalue weighted by atomic mass is 32.1. The van der Waals surface area contributed by atoms with Crippen molar-refractivity contribution in [1.29, 1.82) is 0 Å². The van der Waals surface area contributed by atoms with E-state index in [0.29, 0.717) is 5.92 Å². The van der Waals surface area contributed by atoms with Gasteiger partial charge < -0.3 is 4.42 Å². The fourth-order valence-electron chi connectivity index (χ4n) is 5.90. The second-order valence-corrected chi connectivity index (χ2v) is 11.9. The second-order valence-electron chi connectivity index (χ2n) is 10.8. The Labute approximate surface area is 242 Å². The van der Waals surface area contributed by atoms with E-state index in [-0.39, 0.29) is 0 Å². The summed E-state index contributed by atoms with van der Waals surface area (Å²) >= 11 is 1.74. The maximum Gasteiger partial charge on any atom is 0.143 e. The van der Waals surface area contributed by atoms with Crippen LogP contribution in [0.15, 0.2) is 132 Å². The Balaban J connectivity index is 1.31. The van der Waals surface area contributed by atoms with E-state index in [1.807, 2.05) is 6.07 Å². The number of hydrogen-bond acceptors (Lipinski definition) is 3. The average Bonchev–Trinajstić information content (AvgIpc) is 3.63. The van der Waals surface area contributed by atoms with Gasteiger partial charge in [0.15, 0.2) is 0 Å². The van der Waals surface area contributed by atoms with Gasteiger partial charge in [-0.25, -0.2) is 4.98 Å². The van der Waals surface area contributed by atoms with Gasteiger partial charge in [0, 0.05) is 21.9 Å². The van der Waals surface area contributed by atoms with E-state index in [0.717, 1.165) is 55.6 Å². The van der Waals surface area contributed by atoms with Crippen molar-refractivity contribution in [3.05, 3.63) is 133 Å². The van der Waals surface area contributed by atoms with Gasteiger partial charge in [0.05, 0.1) is 10.2 Å². The number of fused-ring (bicyclic) bond motifs is 4. The van der Waals surface area contributed by atoms with E-state index in [2.05, 4.69) is 128 Å². The lowest BCUT2D eigenvalue weighted by molar-refractivity contribution is 0.670. The number of allylic oxidation sites excluding steroid dienone is 4. The minimum absolute atomic E-state index is 0.572. The molecule has 8 rings (SSSR count). The van der Waals surface area contributed by atoms with Gasteiger partial charge in [-0.3, -0.25) is 0 Å². The molecule has 0 saturated carbocycles. The van der Waals surface area contributed by atoms with Crippen molar-refractivity contribution in [1.82, 2.24) is 4.98 Å². The molecule has 0 radical (unpaired) electrons. The van der Waals surface area contributed by atoms with Crippen LogP contribution in [0.1, 0.15) is 18.9 Å². The Morgan fingerprint density at radius 1 is 0.732 bits per heavy atom. The number of benzene rings is 5. The van der Waals surface area contributed by atoms with E-state index in [1.54, 1.807) is 11.3 Å². The first-order chi connectivity index (χ1) is 20.2. The fourth-order valence-corrected chi connectivity index (χ4v) is 6.87. The molecule has 2 nitrogen and oxygen atoms in total. The van der Waals surface area contributed by atoms with Crippen LogP contribution >= 0.6 is 11.3 Å². The number of nitrogens with zero attached hydrogens (tertiary/aromatic N) is 1. The highest BCUT2D eigenvalue weighted by Crippen LogP contribution is 2.43. The molecule has 1 aliphatic carbocycles. The first-order valence-electron chi connectivity index (χ1n) is 14.1. The lowest BCUT2D eigenvalue weighted by Crippen LogP contribution is -1.95. The maximum atomic E-state index is 6.64. The standard InChI is InChI=1S/C38H27NOS/c1-24-14-16-25(17-15-24)29-22-31(26-8-3-2-4-9-26)37-32(23-29)36-30(10-7-12-34(36)40-37)27-18-20-28(21-19-27)38-39-33-11-5-6-13-35(33)41-38/h2-14,16-24H,15H2,1H3. The number of hydrogen-bond donors (Lipinski definition) is 0. The number of thiazole rings is 1. The maximum absolute atomic E-state index is 6.64. The summed E-state index contributed by atoms with van der Waals surface area (Å²) in [6, 6.07) is 38.7. The third-order valence-corrected chi connectivity index (χ3v) is 9.15. The largest absolute Gasteiger partial charge is 0.455 e. The van der Waals surface area contributed by atoms with Crippen molar-refractivity contribution < 1.29 is 4.42 Å². The summed E-state index contributed by atoms with van der Waals surface area (Å²) < 4.78 is 7.85. The van der Waals surface area contributed by atoms with Gasteiger partial charge >= 0.3 is 0 Å². The molecule has 1 atom stereocenters. The SMILES string of the molecule is CC1C=CC(c2cc(-c3ccccc3)c3oc4cccc(-c5ccc(-c6nc7ccccc7s6)cc5)c4c3c2)=CC1. The van der Waals surface area contributed by atoms with Crippen molar-refractivity contribution in [2.24, 2.45) is 5.92 Å². The van der Waals surface area contributed by atoms with Gasteiger partial charge in [0.25, 0.3) is 0 Å². The van der Waals surface area contributed by atoms with Gasteiger partial charge in [-0.1, -0.05) is 104 Å². The van der Waals surface area contributed by atoms with Crippen LogP contribution in [-0.4, -0.2) is 4.98 Å². The molecule has 5 aromatic carbocycles. The van der Waals surface area contributed by atoms with Gasteiger partial charge in [-0.2, -0.15) is 0 Å². The van der Waals surface area contributed by atoms with Crippen molar-refractivity contribution in [2.45, 2.75) is 13.3 Å². The molecule has 2 aromatic heterocycles. The third-order valence-electron chi connectivity index (χ3n) is 8.07.